The van der Waals surface area contributed by atoms with Gasteiger partial charge >= 0.3 is 5.97 Å². The van der Waals surface area contributed by atoms with Crippen molar-refractivity contribution in [3.8, 4) is 5.75 Å². The summed E-state index contributed by atoms with van der Waals surface area (Å²) in [6.07, 6.45) is 1.63. The number of ether oxygens (including phenoxy) is 2. The van der Waals surface area contributed by atoms with Gasteiger partial charge in [-0.2, -0.15) is 0 Å². The average Bonchev–Trinajstić information content (AvgIpc) is 2.95. The zero-order valence-electron chi connectivity index (χ0n) is 13.6. The predicted molar refractivity (Wildman–Crippen MR) is 92.9 cm³/mol. The van der Waals surface area contributed by atoms with E-state index in [9.17, 15) is 9.59 Å². The van der Waals surface area contributed by atoms with Gasteiger partial charge in [0.2, 0.25) is 5.90 Å². The SMILES string of the molecule is Cc1ccccc1C1=NC(=Cc2ccc(OCC(N)=O)cc2)C(=O)O1. The highest BCUT2D eigenvalue weighted by Crippen LogP contribution is 2.21. The molecular formula is C19H16N2O4. The number of carbonyl (C=O) groups is 2. The summed E-state index contributed by atoms with van der Waals surface area (Å²) in [6, 6.07) is 14.4. The third-order valence-corrected chi connectivity index (χ3v) is 3.56. The minimum absolute atomic E-state index is 0.184. The lowest BCUT2D eigenvalue weighted by molar-refractivity contribution is -0.130. The topological polar surface area (TPSA) is 91.0 Å². The van der Waals surface area contributed by atoms with Crippen LogP contribution in [-0.2, 0) is 14.3 Å². The number of esters is 1. The first-order chi connectivity index (χ1) is 12.0. The largest absolute Gasteiger partial charge is 0.484 e. The van der Waals surface area contributed by atoms with E-state index in [0.717, 1.165) is 16.7 Å². The molecule has 0 radical (unpaired) electrons. The van der Waals surface area contributed by atoms with Crippen molar-refractivity contribution in [3.05, 3.63) is 70.9 Å². The van der Waals surface area contributed by atoms with Gasteiger partial charge in [-0.15, -0.1) is 0 Å². The van der Waals surface area contributed by atoms with Crippen LogP contribution < -0.4 is 10.5 Å². The molecule has 0 aliphatic carbocycles. The van der Waals surface area contributed by atoms with Gasteiger partial charge < -0.3 is 15.2 Å². The fourth-order valence-corrected chi connectivity index (χ4v) is 2.31. The van der Waals surface area contributed by atoms with E-state index >= 15 is 0 Å². The van der Waals surface area contributed by atoms with Crippen molar-refractivity contribution in [2.75, 3.05) is 6.61 Å². The van der Waals surface area contributed by atoms with E-state index in [2.05, 4.69) is 4.99 Å². The maximum atomic E-state index is 12.0. The number of hydrogen-bond acceptors (Lipinski definition) is 5. The summed E-state index contributed by atoms with van der Waals surface area (Å²) in [5.41, 5.74) is 7.77. The molecule has 0 saturated heterocycles. The highest BCUT2D eigenvalue weighted by molar-refractivity contribution is 6.13. The van der Waals surface area contributed by atoms with Crippen LogP contribution >= 0.6 is 0 Å². The third-order valence-electron chi connectivity index (χ3n) is 3.56. The lowest BCUT2D eigenvalue weighted by Crippen LogP contribution is -2.19. The molecule has 0 atom stereocenters. The van der Waals surface area contributed by atoms with Crippen LogP contribution in [0, 0.1) is 6.92 Å². The number of cyclic esters (lactones) is 1. The number of nitrogens with zero attached hydrogens (tertiary/aromatic N) is 1. The molecule has 2 N–H and O–H groups in total. The summed E-state index contributed by atoms with van der Waals surface area (Å²) in [7, 11) is 0. The molecule has 25 heavy (non-hydrogen) atoms. The minimum Gasteiger partial charge on any atom is -0.484 e. The van der Waals surface area contributed by atoms with Crippen LogP contribution in [0.5, 0.6) is 5.75 Å². The van der Waals surface area contributed by atoms with Crippen LogP contribution in [0.4, 0.5) is 0 Å². The standard InChI is InChI=1S/C19H16N2O4/c1-12-4-2-3-5-15(12)18-21-16(19(23)25-18)10-13-6-8-14(9-7-13)24-11-17(20)22/h2-10H,11H2,1H3,(H2,20,22). The maximum absolute atomic E-state index is 12.0. The second-order valence-corrected chi connectivity index (χ2v) is 5.47. The lowest BCUT2D eigenvalue weighted by Gasteiger charge is -2.03. The van der Waals surface area contributed by atoms with Crippen molar-refractivity contribution >= 4 is 23.9 Å². The van der Waals surface area contributed by atoms with Crippen molar-refractivity contribution < 1.29 is 19.1 Å². The fourth-order valence-electron chi connectivity index (χ4n) is 2.31. The number of carbonyl (C=O) groups excluding carboxylic acids is 2. The molecule has 0 bridgehead atoms. The van der Waals surface area contributed by atoms with Crippen LogP contribution in [0.3, 0.4) is 0 Å². The van der Waals surface area contributed by atoms with Crippen LogP contribution in [0.2, 0.25) is 0 Å². The first-order valence-electron chi connectivity index (χ1n) is 7.62. The predicted octanol–water partition coefficient (Wildman–Crippen LogP) is 2.20. The summed E-state index contributed by atoms with van der Waals surface area (Å²) in [5.74, 6) is -0.222. The fraction of sp³-hybridized carbons (Fsp3) is 0.105. The Bertz CT molecular complexity index is 883. The number of primary amides is 1. The highest BCUT2D eigenvalue weighted by Gasteiger charge is 2.24. The van der Waals surface area contributed by atoms with Crippen molar-refractivity contribution in [2.45, 2.75) is 6.92 Å². The maximum Gasteiger partial charge on any atom is 0.363 e. The van der Waals surface area contributed by atoms with E-state index < -0.39 is 11.9 Å². The summed E-state index contributed by atoms with van der Waals surface area (Å²) in [6.45, 7) is 1.75. The molecule has 2 aromatic rings. The number of benzene rings is 2. The molecule has 0 aromatic heterocycles. The molecule has 6 nitrogen and oxygen atoms in total. The molecule has 0 fully saturated rings. The van der Waals surface area contributed by atoms with Gasteiger partial charge in [0.1, 0.15) is 5.75 Å². The average molecular weight is 336 g/mol. The van der Waals surface area contributed by atoms with E-state index in [1.807, 2.05) is 31.2 Å². The van der Waals surface area contributed by atoms with Gasteiger partial charge in [-0.05, 0) is 42.3 Å². The molecule has 1 heterocycles. The summed E-state index contributed by atoms with van der Waals surface area (Å²) in [4.78, 5) is 27.0. The van der Waals surface area contributed by atoms with Crippen LogP contribution in [0.25, 0.3) is 6.08 Å². The molecule has 126 valence electrons. The Morgan fingerprint density at radius 1 is 1.20 bits per heavy atom. The zero-order chi connectivity index (χ0) is 17.8. The van der Waals surface area contributed by atoms with Gasteiger partial charge in [-0.25, -0.2) is 9.79 Å². The number of nitrogens with two attached hydrogens (primary N) is 1. The molecule has 1 aliphatic rings. The van der Waals surface area contributed by atoms with Crippen molar-refractivity contribution in [2.24, 2.45) is 10.7 Å². The van der Waals surface area contributed by atoms with E-state index in [4.69, 9.17) is 15.2 Å². The second kappa shape index (κ2) is 7.00. The van der Waals surface area contributed by atoms with E-state index in [1.54, 1.807) is 30.3 Å². The Morgan fingerprint density at radius 2 is 1.92 bits per heavy atom. The van der Waals surface area contributed by atoms with E-state index in [-0.39, 0.29) is 12.3 Å². The molecule has 1 amide bonds. The molecule has 0 unspecified atom stereocenters. The zero-order valence-corrected chi connectivity index (χ0v) is 13.6. The Morgan fingerprint density at radius 3 is 2.60 bits per heavy atom. The molecule has 1 aliphatic heterocycles. The molecule has 3 rings (SSSR count). The lowest BCUT2D eigenvalue weighted by atomic mass is 10.1. The number of hydrogen-bond donors (Lipinski definition) is 1. The smallest absolute Gasteiger partial charge is 0.363 e. The number of rotatable bonds is 5. The van der Waals surface area contributed by atoms with Gasteiger partial charge in [0.15, 0.2) is 12.3 Å². The summed E-state index contributed by atoms with van der Waals surface area (Å²) in [5, 5.41) is 0. The first-order valence-corrected chi connectivity index (χ1v) is 7.62. The molecular weight excluding hydrogens is 320 g/mol. The van der Waals surface area contributed by atoms with E-state index in [1.165, 1.54) is 0 Å². The Labute approximate surface area is 144 Å². The van der Waals surface area contributed by atoms with Crippen molar-refractivity contribution in [1.82, 2.24) is 0 Å². The van der Waals surface area contributed by atoms with Gasteiger partial charge in [-0.1, -0.05) is 30.3 Å². The van der Waals surface area contributed by atoms with Crippen molar-refractivity contribution in [1.29, 1.82) is 0 Å². The quantitative estimate of drug-likeness (QED) is 0.669. The number of aryl methyl sites for hydroxylation is 1. The monoisotopic (exact) mass is 336 g/mol. The van der Waals surface area contributed by atoms with Crippen LogP contribution in [0.15, 0.2) is 59.2 Å². The highest BCUT2D eigenvalue weighted by atomic mass is 16.6. The van der Waals surface area contributed by atoms with E-state index in [0.29, 0.717) is 11.6 Å². The molecule has 6 heteroatoms. The second-order valence-electron chi connectivity index (χ2n) is 5.47. The molecule has 0 saturated carbocycles. The van der Waals surface area contributed by atoms with Crippen LogP contribution in [-0.4, -0.2) is 24.4 Å². The normalized spacial score (nSPS) is 15.0. The third kappa shape index (κ3) is 3.92. The Hall–Kier alpha value is -3.41. The number of amides is 1. The first kappa shape index (κ1) is 16.4. The Kier molecular flexibility index (Phi) is 4.61. The summed E-state index contributed by atoms with van der Waals surface area (Å²) >= 11 is 0. The van der Waals surface area contributed by atoms with Gasteiger partial charge in [0, 0.05) is 5.56 Å². The van der Waals surface area contributed by atoms with Gasteiger partial charge in [0.05, 0.1) is 0 Å². The summed E-state index contributed by atoms with van der Waals surface area (Å²) < 4.78 is 10.5. The van der Waals surface area contributed by atoms with Gasteiger partial charge in [0.25, 0.3) is 5.91 Å². The minimum atomic E-state index is -0.544. The number of aliphatic imine (C=N–C) groups is 1. The van der Waals surface area contributed by atoms with Crippen LogP contribution in [0.1, 0.15) is 16.7 Å². The van der Waals surface area contributed by atoms with Gasteiger partial charge in [-0.3, -0.25) is 4.79 Å². The van der Waals surface area contributed by atoms with Crippen molar-refractivity contribution in [3.63, 3.8) is 0 Å². The molecule has 0 spiro atoms. The molecule has 2 aromatic carbocycles. The Balaban J connectivity index is 1.80.